The molecule has 4 saturated carbocycles. The molecular weight excluding hydrogens is 439 g/mol. The van der Waals surface area contributed by atoms with Crippen molar-refractivity contribution in [2.24, 2.45) is 17.8 Å². The van der Waals surface area contributed by atoms with Gasteiger partial charge in [-0.3, -0.25) is 0 Å². The first-order valence-electron chi connectivity index (χ1n) is 9.50. The van der Waals surface area contributed by atoms with Crippen LogP contribution in [0.4, 0.5) is 22.0 Å². The monoisotopic (exact) mass is 460 g/mol. The lowest BCUT2D eigenvalue weighted by molar-refractivity contribution is -0.208. The fraction of sp³-hybridized carbons (Fsp3) is 0.889. The lowest BCUT2D eigenvalue weighted by Crippen LogP contribution is -2.62. The third-order valence-electron chi connectivity index (χ3n) is 6.42. The van der Waals surface area contributed by atoms with Gasteiger partial charge < -0.3 is 9.47 Å². The molecule has 164 valence electrons. The van der Waals surface area contributed by atoms with Crippen LogP contribution in [0, 0.1) is 17.8 Å². The largest absolute Gasteiger partial charge is 0.490 e. The molecule has 0 radical (unpaired) electrons. The van der Waals surface area contributed by atoms with E-state index >= 15 is 0 Å². The van der Waals surface area contributed by atoms with Crippen molar-refractivity contribution in [1.29, 1.82) is 0 Å². The second-order valence-corrected chi connectivity index (χ2v) is 11.8. The molecule has 5 rings (SSSR count). The fourth-order valence-corrected chi connectivity index (χ4v) is 9.71. The Morgan fingerprint density at radius 1 is 1.03 bits per heavy atom. The van der Waals surface area contributed by atoms with E-state index in [0.717, 1.165) is 12.8 Å². The van der Waals surface area contributed by atoms with Crippen LogP contribution in [0.2, 0.25) is 0 Å². The number of thioether (sulfide) groups is 2. The first kappa shape index (κ1) is 21.5. The summed E-state index contributed by atoms with van der Waals surface area (Å²) in [4.78, 5) is 22.8. The number of hydrogen-bond donors (Lipinski definition) is 0. The number of ether oxygens (including phenoxy) is 2. The summed E-state index contributed by atoms with van der Waals surface area (Å²) >= 11 is 3.23. The molecule has 5 fully saturated rings. The number of esters is 2. The molecular formula is C18H21F5O4S2. The van der Waals surface area contributed by atoms with Crippen LogP contribution in [0.5, 0.6) is 0 Å². The van der Waals surface area contributed by atoms with Crippen molar-refractivity contribution >= 4 is 35.5 Å². The summed E-state index contributed by atoms with van der Waals surface area (Å²) in [5.41, 5.74) is -0.861. The quantitative estimate of drug-likeness (QED) is 0.458. The van der Waals surface area contributed by atoms with E-state index in [1.807, 2.05) is 0 Å². The van der Waals surface area contributed by atoms with E-state index in [4.69, 9.17) is 4.74 Å². The van der Waals surface area contributed by atoms with Crippen LogP contribution in [0.3, 0.4) is 0 Å². The number of hydrogen-bond acceptors (Lipinski definition) is 6. The molecule has 4 bridgehead atoms. The fourth-order valence-electron chi connectivity index (χ4n) is 5.58. The molecule has 4 aliphatic carbocycles. The zero-order chi connectivity index (χ0) is 21.2. The highest BCUT2D eigenvalue weighted by Gasteiger charge is 2.66. The van der Waals surface area contributed by atoms with Crippen molar-refractivity contribution in [1.82, 2.24) is 0 Å². The van der Waals surface area contributed by atoms with Gasteiger partial charge in [0.1, 0.15) is 12.2 Å². The Morgan fingerprint density at radius 3 is 2.21 bits per heavy atom. The predicted molar refractivity (Wildman–Crippen MR) is 96.6 cm³/mol. The van der Waals surface area contributed by atoms with E-state index in [0.29, 0.717) is 37.9 Å². The second kappa shape index (κ2) is 6.90. The number of carbonyl (C=O) groups is 2. The first-order valence-corrected chi connectivity index (χ1v) is 11.4. The minimum Gasteiger partial charge on any atom is -0.458 e. The topological polar surface area (TPSA) is 52.6 Å². The van der Waals surface area contributed by atoms with Crippen molar-refractivity contribution in [3.05, 3.63) is 0 Å². The summed E-state index contributed by atoms with van der Waals surface area (Å²) in [5.74, 6) is -6.08. The van der Waals surface area contributed by atoms with E-state index in [-0.39, 0.29) is 27.8 Å². The molecule has 1 spiro atoms. The van der Waals surface area contributed by atoms with Crippen molar-refractivity contribution < 1.29 is 41.0 Å². The molecule has 0 N–H and O–H groups in total. The molecule has 0 aromatic carbocycles. The molecule has 3 unspecified atom stereocenters. The molecule has 29 heavy (non-hydrogen) atoms. The van der Waals surface area contributed by atoms with E-state index in [1.54, 1.807) is 23.5 Å². The Morgan fingerprint density at radius 2 is 1.66 bits per heavy atom. The maximum Gasteiger partial charge on any atom is 0.490 e. The van der Waals surface area contributed by atoms with Crippen LogP contribution < -0.4 is 0 Å². The van der Waals surface area contributed by atoms with Crippen molar-refractivity contribution in [3.8, 4) is 0 Å². The maximum atomic E-state index is 13.4. The van der Waals surface area contributed by atoms with E-state index in [2.05, 4.69) is 4.74 Å². The van der Waals surface area contributed by atoms with Gasteiger partial charge >= 0.3 is 24.0 Å². The third-order valence-corrected chi connectivity index (χ3v) is 10.6. The van der Waals surface area contributed by atoms with Crippen molar-refractivity contribution in [3.63, 3.8) is 0 Å². The van der Waals surface area contributed by atoms with Gasteiger partial charge in [0.25, 0.3) is 0 Å². The van der Waals surface area contributed by atoms with Gasteiger partial charge in [-0.1, -0.05) is 0 Å². The Labute approximate surface area is 173 Å². The van der Waals surface area contributed by atoms with Gasteiger partial charge in [-0.25, -0.2) is 9.59 Å². The Balaban J connectivity index is 1.43. The van der Waals surface area contributed by atoms with Gasteiger partial charge in [-0.15, -0.1) is 23.5 Å². The molecule has 1 saturated heterocycles. The third kappa shape index (κ3) is 3.85. The summed E-state index contributed by atoms with van der Waals surface area (Å²) in [6, 6.07) is 0. The minimum absolute atomic E-state index is 0.130. The molecule has 1 aliphatic heterocycles. The summed E-state index contributed by atoms with van der Waals surface area (Å²) in [5, 5.41) is -0.248. The molecule has 3 atom stereocenters. The molecule has 1 heterocycles. The summed E-state index contributed by atoms with van der Waals surface area (Å²) in [6.45, 7) is 0.232. The summed E-state index contributed by atoms with van der Waals surface area (Å²) in [7, 11) is 0. The average Bonchev–Trinajstić information content (AvgIpc) is 3.00. The van der Waals surface area contributed by atoms with E-state index in [1.165, 1.54) is 0 Å². The lowest BCUT2D eigenvalue weighted by Gasteiger charge is -2.63. The highest BCUT2D eigenvalue weighted by atomic mass is 32.2. The van der Waals surface area contributed by atoms with Crippen LogP contribution in [0.15, 0.2) is 0 Å². The SMILES string of the molecule is CC(F)(F)C(=O)OC12CC3CC(C1)C1(SCC(COC(=O)C(F)(F)F)S1)C(C3)C2. The van der Waals surface area contributed by atoms with Crippen LogP contribution in [0.25, 0.3) is 0 Å². The number of halogens is 5. The van der Waals surface area contributed by atoms with Gasteiger partial charge in [0.15, 0.2) is 0 Å². The average molecular weight is 460 g/mol. The van der Waals surface area contributed by atoms with Crippen LogP contribution in [0.1, 0.15) is 39.0 Å². The molecule has 0 aromatic rings. The zero-order valence-corrected chi connectivity index (χ0v) is 17.2. The first-order chi connectivity index (χ1) is 13.3. The zero-order valence-electron chi connectivity index (χ0n) is 15.6. The van der Waals surface area contributed by atoms with Gasteiger partial charge in [-0.05, 0) is 49.9 Å². The minimum atomic E-state index is -5.01. The molecule has 5 aliphatic rings. The van der Waals surface area contributed by atoms with Crippen LogP contribution >= 0.6 is 23.5 Å². The maximum absolute atomic E-state index is 13.4. The lowest BCUT2D eigenvalue weighted by atomic mass is 9.53. The van der Waals surface area contributed by atoms with Crippen LogP contribution in [-0.4, -0.2) is 51.3 Å². The highest BCUT2D eigenvalue weighted by Crippen LogP contribution is 2.71. The van der Waals surface area contributed by atoms with Gasteiger partial charge in [-0.2, -0.15) is 22.0 Å². The van der Waals surface area contributed by atoms with E-state index < -0.39 is 29.6 Å². The molecule has 11 heteroatoms. The van der Waals surface area contributed by atoms with Gasteiger partial charge in [0.2, 0.25) is 0 Å². The smallest absolute Gasteiger partial charge is 0.458 e. The standard InChI is InChI=1S/C18H21F5O4S2/c1-15(19,20)13(24)27-16-4-9-2-10(5-16)17(11(3-9)6-16)28-8-12(29-17)7-26-14(25)18(21,22)23/h9-12H,2-8H2,1H3. The Kier molecular flexibility index (Phi) is 5.12. The predicted octanol–water partition coefficient (Wildman–Crippen LogP) is 4.41. The molecule has 4 nitrogen and oxygen atoms in total. The molecule has 0 amide bonds. The number of rotatable bonds is 4. The normalized spacial score (nSPS) is 41.0. The number of alkyl halides is 5. The van der Waals surface area contributed by atoms with Crippen LogP contribution in [-0.2, 0) is 19.1 Å². The second-order valence-electron chi connectivity index (χ2n) is 8.67. The van der Waals surface area contributed by atoms with E-state index in [9.17, 15) is 31.5 Å². The number of carbonyl (C=O) groups excluding carboxylic acids is 2. The Bertz CT molecular complexity index is 691. The van der Waals surface area contributed by atoms with Gasteiger partial charge in [0, 0.05) is 17.9 Å². The van der Waals surface area contributed by atoms with Crippen molar-refractivity contribution in [2.45, 2.75) is 66.1 Å². The summed E-state index contributed by atoms with van der Waals surface area (Å²) < 4.78 is 73.4. The van der Waals surface area contributed by atoms with Gasteiger partial charge in [0.05, 0.1) is 4.08 Å². The summed E-state index contributed by atoms with van der Waals surface area (Å²) in [6.07, 6.45) is -1.62. The Hall–Kier alpha value is -0.710. The van der Waals surface area contributed by atoms with Crippen molar-refractivity contribution in [2.75, 3.05) is 12.4 Å². The highest BCUT2D eigenvalue weighted by molar-refractivity contribution is 8.21. The molecule has 0 aromatic heterocycles.